The van der Waals surface area contributed by atoms with Gasteiger partial charge in [0.2, 0.25) is 0 Å². The Hall–Kier alpha value is -0.600. The summed E-state index contributed by atoms with van der Waals surface area (Å²) in [5.74, 6) is 0. The number of aliphatic hydroxyl groups is 6. The predicted octanol–water partition coefficient (Wildman–Crippen LogP) is -7.33. The molecule has 15 atom stereocenters. The molecule has 2 heterocycles. The maximum absolute atomic E-state index is 11.0. The minimum atomic E-state index is -1.48. The Morgan fingerprint density at radius 2 is 1.21 bits per heavy atom. The first-order valence-electron chi connectivity index (χ1n) is 10.9. The summed E-state index contributed by atoms with van der Waals surface area (Å²) in [6, 6.07) is -3.92. The Morgan fingerprint density at radius 3 is 1.76 bits per heavy atom. The maximum Gasteiger partial charge on any atom is 0.186 e. The van der Waals surface area contributed by atoms with Crippen LogP contribution in [0.15, 0.2) is 0 Å². The summed E-state index contributed by atoms with van der Waals surface area (Å²) in [5.41, 5.74) is 29.6. The fraction of sp³-hybridized carbons (Fsp3) is 1.00. The standard InChI is InChI=1S/C18H37N5O10/c19-2-6-11(26)12(27)9(23)17(30-6)32-15-4(20)1-5(21)16(14(15)29)33-18-13(28)8(22)10(25)7(3-24)31-18/h4-18,24-29H,1-3,19-23H2/t4?,5-,6?,7-,8?,9?,10+,11-,12?,13?,14?,15-,16?,17-,18+/m1/s1. The van der Waals surface area contributed by atoms with E-state index in [1.165, 1.54) is 0 Å². The molecule has 0 spiro atoms. The fourth-order valence-electron chi connectivity index (χ4n) is 4.45. The van der Waals surface area contributed by atoms with Crippen LogP contribution in [-0.2, 0) is 18.9 Å². The molecule has 194 valence electrons. The second-order valence-electron chi connectivity index (χ2n) is 8.88. The molecule has 1 aliphatic carbocycles. The third-order valence-electron chi connectivity index (χ3n) is 6.56. The van der Waals surface area contributed by atoms with Crippen LogP contribution in [0.1, 0.15) is 6.42 Å². The summed E-state index contributed by atoms with van der Waals surface area (Å²) in [4.78, 5) is 0. The van der Waals surface area contributed by atoms with Gasteiger partial charge in [0, 0.05) is 18.6 Å². The van der Waals surface area contributed by atoms with E-state index >= 15 is 0 Å². The lowest BCUT2D eigenvalue weighted by atomic mass is 9.84. The SMILES string of the molecule is NCC1O[C@H](O[C@@H]2C(N)C[C@@H](N)C(O[C@@H]3O[C@H](CO)[C@H](O)C(N)C3O)C2O)C(N)C(O)[C@@H]1O. The molecule has 1 saturated carbocycles. The van der Waals surface area contributed by atoms with Crippen LogP contribution in [-0.4, -0.2) is 135 Å². The Labute approximate surface area is 190 Å². The lowest BCUT2D eigenvalue weighted by Crippen LogP contribution is -2.69. The Balaban J connectivity index is 1.72. The smallest absolute Gasteiger partial charge is 0.186 e. The molecule has 3 fully saturated rings. The monoisotopic (exact) mass is 483 g/mol. The van der Waals surface area contributed by atoms with E-state index in [9.17, 15) is 30.6 Å². The van der Waals surface area contributed by atoms with Crippen molar-refractivity contribution in [2.24, 2.45) is 28.7 Å². The van der Waals surface area contributed by atoms with E-state index in [0.29, 0.717) is 0 Å². The first kappa shape index (κ1) is 27.0. The van der Waals surface area contributed by atoms with Crippen LogP contribution >= 0.6 is 0 Å². The zero-order chi connectivity index (χ0) is 24.6. The Kier molecular flexibility index (Phi) is 8.99. The molecule has 3 rings (SSSR count). The second-order valence-corrected chi connectivity index (χ2v) is 8.88. The maximum atomic E-state index is 11.0. The molecular formula is C18H37N5O10. The average Bonchev–Trinajstić information content (AvgIpc) is 2.79. The van der Waals surface area contributed by atoms with Crippen LogP contribution in [0.3, 0.4) is 0 Å². The van der Waals surface area contributed by atoms with Gasteiger partial charge in [0.25, 0.3) is 0 Å². The van der Waals surface area contributed by atoms with Crippen molar-refractivity contribution in [1.29, 1.82) is 0 Å². The van der Waals surface area contributed by atoms with Crippen molar-refractivity contribution >= 4 is 0 Å². The largest absolute Gasteiger partial charge is 0.394 e. The van der Waals surface area contributed by atoms with E-state index < -0.39 is 98.3 Å². The predicted molar refractivity (Wildman–Crippen MR) is 110 cm³/mol. The summed E-state index contributed by atoms with van der Waals surface area (Å²) >= 11 is 0. The fourth-order valence-corrected chi connectivity index (χ4v) is 4.45. The van der Waals surface area contributed by atoms with Gasteiger partial charge in [-0.1, -0.05) is 0 Å². The number of rotatable bonds is 6. The molecule has 0 bridgehead atoms. The minimum Gasteiger partial charge on any atom is -0.394 e. The highest BCUT2D eigenvalue weighted by Crippen LogP contribution is 2.30. The van der Waals surface area contributed by atoms with Crippen molar-refractivity contribution in [3.8, 4) is 0 Å². The van der Waals surface area contributed by atoms with Crippen LogP contribution in [0.4, 0.5) is 0 Å². The number of nitrogens with two attached hydrogens (primary N) is 5. The van der Waals surface area contributed by atoms with Crippen molar-refractivity contribution < 1.29 is 49.6 Å². The Bertz CT molecular complexity index is 585. The molecular weight excluding hydrogens is 446 g/mol. The van der Waals surface area contributed by atoms with Crippen molar-refractivity contribution in [2.75, 3.05) is 13.2 Å². The summed E-state index contributed by atoms with van der Waals surface area (Å²) in [7, 11) is 0. The molecule has 3 aliphatic rings. The van der Waals surface area contributed by atoms with Crippen LogP contribution in [0.2, 0.25) is 0 Å². The highest BCUT2D eigenvalue weighted by atomic mass is 16.7. The lowest BCUT2D eigenvalue weighted by Gasteiger charge is -2.48. The third kappa shape index (κ3) is 5.32. The number of ether oxygens (including phenoxy) is 4. The molecule has 0 aromatic carbocycles. The van der Waals surface area contributed by atoms with Gasteiger partial charge in [-0.3, -0.25) is 0 Å². The quantitative estimate of drug-likeness (QED) is 0.167. The van der Waals surface area contributed by atoms with Crippen LogP contribution < -0.4 is 28.7 Å². The van der Waals surface area contributed by atoms with Gasteiger partial charge in [0.1, 0.15) is 54.9 Å². The molecule has 2 saturated heterocycles. The first-order valence-corrected chi connectivity index (χ1v) is 10.9. The summed E-state index contributed by atoms with van der Waals surface area (Å²) < 4.78 is 22.5. The molecule has 8 unspecified atom stereocenters. The Morgan fingerprint density at radius 1 is 0.667 bits per heavy atom. The number of aliphatic hydroxyl groups excluding tert-OH is 6. The first-order chi connectivity index (χ1) is 15.5. The average molecular weight is 484 g/mol. The van der Waals surface area contributed by atoms with E-state index in [1.54, 1.807) is 0 Å². The van der Waals surface area contributed by atoms with Crippen LogP contribution in [0.25, 0.3) is 0 Å². The van der Waals surface area contributed by atoms with E-state index in [2.05, 4.69) is 0 Å². The van der Waals surface area contributed by atoms with Gasteiger partial charge in [-0.25, -0.2) is 0 Å². The van der Waals surface area contributed by atoms with Gasteiger partial charge < -0.3 is 78.3 Å². The second kappa shape index (κ2) is 11.0. The van der Waals surface area contributed by atoms with Gasteiger partial charge >= 0.3 is 0 Å². The van der Waals surface area contributed by atoms with Gasteiger partial charge in [0.15, 0.2) is 12.6 Å². The molecule has 0 radical (unpaired) electrons. The zero-order valence-electron chi connectivity index (χ0n) is 18.0. The third-order valence-corrected chi connectivity index (χ3v) is 6.56. The van der Waals surface area contributed by atoms with Crippen molar-refractivity contribution in [3.05, 3.63) is 0 Å². The van der Waals surface area contributed by atoms with Crippen molar-refractivity contribution in [3.63, 3.8) is 0 Å². The highest BCUT2D eigenvalue weighted by Gasteiger charge is 2.51. The summed E-state index contributed by atoms with van der Waals surface area (Å²) in [5, 5.41) is 60.9. The molecule has 0 aromatic rings. The minimum absolute atomic E-state index is 0.115. The normalized spacial score (nSPS) is 53.7. The van der Waals surface area contributed by atoms with Gasteiger partial charge in [0.05, 0.1) is 18.7 Å². The number of hydrogen-bond acceptors (Lipinski definition) is 15. The van der Waals surface area contributed by atoms with Crippen molar-refractivity contribution in [2.45, 2.75) is 98.1 Å². The summed E-state index contributed by atoms with van der Waals surface area (Å²) in [6.45, 7) is -0.694. The number of hydrogen-bond donors (Lipinski definition) is 11. The van der Waals surface area contributed by atoms with E-state index in [1.807, 2.05) is 0 Å². The molecule has 2 aliphatic heterocycles. The van der Waals surface area contributed by atoms with E-state index in [0.717, 1.165) is 0 Å². The molecule has 15 nitrogen and oxygen atoms in total. The van der Waals surface area contributed by atoms with Crippen LogP contribution in [0, 0.1) is 0 Å². The molecule has 15 heteroatoms. The molecule has 33 heavy (non-hydrogen) atoms. The van der Waals surface area contributed by atoms with Gasteiger partial charge in [-0.2, -0.15) is 0 Å². The van der Waals surface area contributed by atoms with E-state index in [-0.39, 0.29) is 13.0 Å². The lowest BCUT2D eigenvalue weighted by molar-refractivity contribution is -0.318. The zero-order valence-corrected chi connectivity index (χ0v) is 18.0. The molecule has 0 aromatic heterocycles. The van der Waals surface area contributed by atoms with E-state index in [4.69, 9.17) is 47.6 Å². The summed E-state index contributed by atoms with van der Waals surface area (Å²) in [6.07, 6.45) is -13.9. The molecule has 16 N–H and O–H groups in total. The van der Waals surface area contributed by atoms with Crippen LogP contribution in [0.5, 0.6) is 0 Å². The topological polar surface area (TPSA) is 288 Å². The van der Waals surface area contributed by atoms with Gasteiger partial charge in [-0.15, -0.1) is 0 Å². The van der Waals surface area contributed by atoms with Gasteiger partial charge in [-0.05, 0) is 6.42 Å². The highest BCUT2D eigenvalue weighted by molar-refractivity contribution is 5.01. The molecule has 0 amide bonds. The van der Waals surface area contributed by atoms with Crippen molar-refractivity contribution in [1.82, 2.24) is 0 Å².